The smallest absolute Gasteiger partial charge is 0.271 e. The van der Waals surface area contributed by atoms with Gasteiger partial charge in [0.1, 0.15) is 22.9 Å². The molecule has 3 heterocycles. The number of ether oxygens (including phenoxy) is 1. The van der Waals surface area contributed by atoms with Crippen molar-refractivity contribution < 1.29 is 18.7 Å². The Morgan fingerprint density at radius 2 is 1.79 bits per heavy atom. The van der Waals surface area contributed by atoms with Crippen molar-refractivity contribution >= 4 is 17.5 Å². The maximum atomic E-state index is 13.4. The summed E-state index contributed by atoms with van der Waals surface area (Å²) < 4.78 is 20.1. The maximum absolute atomic E-state index is 13.4. The average molecular weight is 447 g/mol. The Kier molecular flexibility index (Phi) is 6.30. The number of carbonyl (C=O) groups excluding carboxylic acids is 2. The SMILES string of the molecule is COc1cc(CNC(=O)c2cccc3nc(C(=O)NCc4ccc(F)c(C)c4)cn23)ccn1. The number of fused-ring (bicyclic) bond motifs is 1. The average Bonchev–Trinajstić information content (AvgIpc) is 3.28. The van der Waals surface area contributed by atoms with Crippen LogP contribution in [0.3, 0.4) is 0 Å². The highest BCUT2D eigenvalue weighted by molar-refractivity contribution is 5.95. The first-order valence-electron chi connectivity index (χ1n) is 10.2. The van der Waals surface area contributed by atoms with E-state index in [1.165, 1.54) is 19.4 Å². The van der Waals surface area contributed by atoms with Crippen molar-refractivity contribution in [3.05, 3.63) is 94.8 Å². The lowest BCUT2D eigenvalue weighted by atomic mass is 10.1. The summed E-state index contributed by atoms with van der Waals surface area (Å²) in [6.07, 6.45) is 3.13. The highest BCUT2D eigenvalue weighted by atomic mass is 19.1. The first-order chi connectivity index (χ1) is 15.9. The second-order valence-corrected chi connectivity index (χ2v) is 7.42. The summed E-state index contributed by atoms with van der Waals surface area (Å²) in [5.74, 6) is -0.539. The predicted molar refractivity (Wildman–Crippen MR) is 119 cm³/mol. The van der Waals surface area contributed by atoms with Gasteiger partial charge in [0.15, 0.2) is 0 Å². The van der Waals surface area contributed by atoms with E-state index in [4.69, 9.17) is 4.74 Å². The van der Waals surface area contributed by atoms with E-state index in [1.54, 1.807) is 60.0 Å². The number of hydrogen-bond donors (Lipinski definition) is 2. The number of rotatable bonds is 7. The number of imidazole rings is 1. The predicted octanol–water partition coefficient (Wildman–Crippen LogP) is 3.05. The molecule has 1 aromatic carbocycles. The van der Waals surface area contributed by atoms with Gasteiger partial charge in [-0.3, -0.25) is 14.0 Å². The lowest BCUT2D eigenvalue weighted by Gasteiger charge is -2.08. The third-order valence-electron chi connectivity index (χ3n) is 5.09. The van der Waals surface area contributed by atoms with Gasteiger partial charge in [0.25, 0.3) is 11.8 Å². The summed E-state index contributed by atoms with van der Waals surface area (Å²) in [5.41, 5.74) is 3.11. The number of hydrogen-bond acceptors (Lipinski definition) is 5. The fourth-order valence-electron chi connectivity index (χ4n) is 3.34. The summed E-state index contributed by atoms with van der Waals surface area (Å²) in [5, 5.41) is 5.63. The number of aromatic nitrogens is 3. The zero-order valence-corrected chi connectivity index (χ0v) is 18.1. The van der Waals surface area contributed by atoms with Crippen LogP contribution in [0.1, 0.15) is 37.7 Å². The molecule has 0 saturated carbocycles. The number of amides is 2. The van der Waals surface area contributed by atoms with E-state index < -0.39 is 5.91 Å². The van der Waals surface area contributed by atoms with Crippen molar-refractivity contribution in [1.82, 2.24) is 25.0 Å². The molecule has 0 saturated heterocycles. The third kappa shape index (κ3) is 4.98. The van der Waals surface area contributed by atoms with Crippen molar-refractivity contribution in [2.75, 3.05) is 7.11 Å². The van der Waals surface area contributed by atoms with E-state index >= 15 is 0 Å². The lowest BCUT2D eigenvalue weighted by Crippen LogP contribution is -2.25. The molecule has 0 unspecified atom stereocenters. The molecule has 9 heteroatoms. The van der Waals surface area contributed by atoms with Crippen LogP contribution in [0.5, 0.6) is 5.88 Å². The molecule has 2 N–H and O–H groups in total. The molecule has 0 bridgehead atoms. The topological polar surface area (TPSA) is 97.6 Å². The molecule has 0 aliphatic rings. The van der Waals surface area contributed by atoms with Crippen LogP contribution in [0, 0.1) is 12.7 Å². The Morgan fingerprint density at radius 3 is 2.55 bits per heavy atom. The monoisotopic (exact) mass is 447 g/mol. The van der Waals surface area contributed by atoms with Crippen LogP contribution in [-0.4, -0.2) is 33.3 Å². The number of aryl methyl sites for hydroxylation is 1. The second-order valence-electron chi connectivity index (χ2n) is 7.42. The molecule has 0 spiro atoms. The number of methoxy groups -OCH3 is 1. The van der Waals surface area contributed by atoms with E-state index in [1.807, 2.05) is 0 Å². The molecular formula is C24H22FN5O3. The summed E-state index contributed by atoms with van der Waals surface area (Å²) in [7, 11) is 1.53. The summed E-state index contributed by atoms with van der Waals surface area (Å²) in [6.45, 7) is 2.18. The van der Waals surface area contributed by atoms with Crippen molar-refractivity contribution in [3.8, 4) is 5.88 Å². The van der Waals surface area contributed by atoms with Crippen molar-refractivity contribution in [3.63, 3.8) is 0 Å². The minimum absolute atomic E-state index is 0.174. The first-order valence-corrected chi connectivity index (χ1v) is 10.2. The molecule has 168 valence electrons. The Hall–Kier alpha value is -4.27. The third-order valence-corrected chi connectivity index (χ3v) is 5.09. The first kappa shape index (κ1) is 21.9. The number of benzene rings is 1. The Bertz CT molecular complexity index is 1330. The standard InChI is InChI=1S/C24H22FN5O3/c1-15-10-16(6-7-18(15)25)12-27-23(31)19-14-30-20(4-3-5-21(30)29-19)24(32)28-13-17-8-9-26-22(11-17)33-2/h3-11,14H,12-13H2,1-2H3,(H,27,31)(H,28,32). The molecule has 0 aliphatic carbocycles. The van der Waals surface area contributed by atoms with Gasteiger partial charge in [-0.25, -0.2) is 14.4 Å². The lowest BCUT2D eigenvalue weighted by molar-refractivity contribution is 0.0935. The second kappa shape index (κ2) is 9.47. The number of carbonyl (C=O) groups is 2. The zero-order chi connectivity index (χ0) is 23.4. The van der Waals surface area contributed by atoms with Crippen LogP contribution in [0.2, 0.25) is 0 Å². The van der Waals surface area contributed by atoms with Gasteiger partial charge in [0, 0.05) is 31.5 Å². The summed E-state index contributed by atoms with van der Waals surface area (Å²) >= 11 is 0. The Labute approximate surface area is 189 Å². The quantitative estimate of drug-likeness (QED) is 0.454. The molecule has 0 radical (unpaired) electrons. The molecule has 2 amide bonds. The normalized spacial score (nSPS) is 10.8. The van der Waals surface area contributed by atoms with Crippen LogP contribution < -0.4 is 15.4 Å². The molecular weight excluding hydrogens is 425 g/mol. The fraction of sp³-hybridized carbons (Fsp3) is 0.167. The van der Waals surface area contributed by atoms with E-state index in [9.17, 15) is 14.0 Å². The minimum atomic E-state index is -0.393. The van der Waals surface area contributed by atoms with Gasteiger partial charge in [-0.2, -0.15) is 0 Å². The minimum Gasteiger partial charge on any atom is -0.481 e. The summed E-state index contributed by atoms with van der Waals surface area (Å²) in [4.78, 5) is 33.8. The van der Waals surface area contributed by atoms with Gasteiger partial charge >= 0.3 is 0 Å². The summed E-state index contributed by atoms with van der Waals surface area (Å²) in [6, 6.07) is 13.3. The van der Waals surface area contributed by atoms with Gasteiger partial charge in [0.05, 0.1) is 7.11 Å². The van der Waals surface area contributed by atoms with Crippen molar-refractivity contribution in [2.45, 2.75) is 20.0 Å². The highest BCUT2D eigenvalue weighted by Gasteiger charge is 2.16. The van der Waals surface area contributed by atoms with Gasteiger partial charge in [0.2, 0.25) is 5.88 Å². The van der Waals surface area contributed by atoms with Crippen LogP contribution in [0.15, 0.2) is 60.9 Å². The van der Waals surface area contributed by atoms with Crippen molar-refractivity contribution in [2.24, 2.45) is 0 Å². The molecule has 8 nitrogen and oxygen atoms in total. The molecule has 4 aromatic rings. The highest BCUT2D eigenvalue weighted by Crippen LogP contribution is 2.13. The molecule has 0 aliphatic heterocycles. The number of halogens is 1. The van der Waals surface area contributed by atoms with Gasteiger partial charge < -0.3 is 15.4 Å². The van der Waals surface area contributed by atoms with Crippen LogP contribution in [0.4, 0.5) is 4.39 Å². The molecule has 0 atom stereocenters. The van der Waals surface area contributed by atoms with E-state index in [0.717, 1.165) is 11.1 Å². The maximum Gasteiger partial charge on any atom is 0.271 e. The fourth-order valence-corrected chi connectivity index (χ4v) is 3.34. The molecule has 3 aromatic heterocycles. The number of nitrogens with zero attached hydrogens (tertiary/aromatic N) is 3. The van der Waals surface area contributed by atoms with Crippen LogP contribution in [-0.2, 0) is 13.1 Å². The van der Waals surface area contributed by atoms with E-state index in [2.05, 4.69) is 20.6 Å². The zero-order valence-electron chi connectivity index (χ0n) is 18.1. The van der Waals surface area contributed by atoms with Gasteiger partial charge in [-0.05, 0) is 47.9 Å². The van der Waals surface area contributed by atoms with E-state index in [-0.39, 0.29) is 30.5 Å². The van der Waals surface area contributed by atoms with Gasteiger partial charge in [-0.1, -0.05) is 18.2 Å². The van der Waals surface area contributed by atoms with Gasteiger partial charge in [-0.15, -0.1) is 0 Å². The molecule has 0 fully saturated rings. The Morgan fingerprint density at radius 1 is 1.03 bits per heavy atom. The number of nitrogens with one attached hydrogen (secondary N) is 2. The van der Waals surface area contributed by atoms with Crippen molar-refractivity contribution in [1.29, 1.82) is 0 Å². The van der Waals surface area contributed by atoms with Crippen LogP contribution in [0.25, 0.3) is 5.65 Å². The van der Waals surface area contributed by atoms with Crippen LogP contribution >= 0.6 is 0 Å². The molecule has 4 rings (SSSR count). The van der Waals surface area contributed by atoms with E-state index in [0.29, 0.717) is 22.8 Å². The number of pyridine rings is 2. The molecule has 33 heavy (non-hydrogen) atoms. The Balaban J connectivity index is 1.46. The largest absolute Gasteiger partial charge is 0.481 e.